The van der Waals surface area contributed by atoms with Crippen molar-refractivity contribution in [1.29, 1.82) is 0 Å². The molecule has 2 aromatic rings. The highest BCUT2D eigenvalue weighted by molar-refractivity contribution is 14.0. The highest BCUT2D eigenvalue weighted by Crippen LogP contribution is 2.34. The van der Waals surface area contributed by atoms with Crippen LogP contribution in [0.4, 0.5) is 5.95 Å². The summed E-state index contributed by atoms with van der Waals surface area (Å²) < 4.78 is 2.46. The highest BCUT2D eigenvalue weighted by atomic mass is 127. The zero-order valence-corrected chi connectivity index (χ0v) is 17.4. The van der Waals surface area contributed by atoms with Gasteiger partial charge in [-0.05, 0) is 43.9 Å². The summed E-state index contributed by atoms with van der Waals surface area (Å²) >= 11 is 0. The van der Waals surface area contributed by atoms with Gasteiger partial charge in [-0.1, -0.05) is 12.1 Å². The predicted octanol–water partition coefficient (Wildman–Crippen LogP) is 3.48. The van der Waals surface area contributed by atoms with Crippen molar-refractivity contribution in [2.24, 2.45) is 5.92 Å². The normalized spacial score (nSPS) is 18.5. The molecule has 2 heterocycles. The lowest BCUT2D eigenvalue weighted by Gasteiger charge is -2.22. The summed E-state index contributed by atoms with van der Waals surface area (Å²) in [4.78, 5) is 7.38. The van der Waals surface area contributed by atoms with Crippen LogP contribution in [-0.2, 0) is 6.54 Å². The first-order valence-electron chi connectivity index (χ1n) is 7.83. The molecule has 0 atom stereocenters. The first kappa shape index (κ1) is 18.3. The lowest BCUT2D eigenvalue weighted by atomic mass is 10.3. The smallest absolute Gasteiger partial charge is 0.206 e. The fourth-order valence-electron chi connectivity index (χ4n) is 3.09. The van der Waals surface area contributed by atoms with Gasteiger partial charge in [0.2, 0.25) is 5.95 Å². The number of hydrogen-bond acceptors (Lipinski definition) is 3. The number of fused-ring (bicyclic) bond motifs is 1. The van der Waals surface area contributed by atoms with Gasteiger partial charge < -0.3 is 14.8 Å². The van der Waals surface area contributed by atoms with E-state index in [9.17, 15) is 0 Å². The second kappa shape index (κ2) is 8.14. The van der Waals surface area contributed by atoms with E-state index in [1.54, 1.807) is 0 Å². The van der Waals surface area contributed by atoms with E-state index in [1.807, 2.05) is 0 Å². The maximum absolute atomic E-state index is 4.92. The highest BCUT2D eigenvalue weighted by Gasteiger charge is 2.26. The SMILES string of the molecule is I.I.c1ccc2c(c1)nc(N1CCCNCC1)n2CC1CC1. The van der Waals surface area contributed by atoms with E-state index in [2.05, 4.69) is 39.0 Å². The van der Waals surface area contributed by atoms with Gasteiger partial charge in [0.15, 0.2) is 0 Å². The third-order valence-electron chi connectivity index (χ3n) is 4.40. The van der Waals surface area contributed by atoms with Crippen LogP contribution in [0.15, 0.2) is 24.3 Å². The van der Waals surface area contributed by atoms with Crippen molar-refractivity contribution in [2.75, 3.05) is 31.1 Å². The van der Waals surface area contributed by atoms with Crippen molar-refractivity contribution in [3.05, 3.63) is 24.3 Å². The van der Waals surface area contributed by atoms with Gasteiger partial charge in [-0.15, -0.1) is 48.0 Å². The lowest BCUT2D eigenvalue weighted by Crippen LogP contribution is -2.30. The topological polar surface area (TPSA) is 33.1 Å². The number of para-hydroxylation sites is 2. The van der Waals surface area contributed by atoms with Gasteiger partial charge in [-0.3, -0.25) is 0 Å². The first-order chi connectivity index (χ1) is 9.92. The number of halogens is 2. The van der Waals surface area contributed by atoms with Crippen LogP contribution in [0.25, 0.3) is 11.0 Å². The van der Waals surface area contributed by atoms with Crippen molar-refractivity contribution < 1.29 is 0 Å². The van der Waals surface area contributed by atoms with Crippen LogP contribution in [0.5, 0.6) is 0 Å². The molecule has 0 unspecified atom stereocenters. The van der Waals surface area contributed by atoms with Gasteiger partial charge in [0.1, 0.15) is 0 Å². The quantitative estimate of drug-likeness (QED) is 0.623. The van der Waals surface area contributed by atoms with E-state index in [4.69, 9.17) is 4.98 Å². The molecular weight excluding hydrogens is 502 g/mol. The Morgan fingerprint density at radius 2 is 1.91 bits per heavy atom. The Bertz CT molecular complexity index is 601. The molecule has 6 heteroatoms. The zero-order valence-electron chi connectivity index (χ0n) is 12.7. The van der Waals surface area contributed by atoms with Crippen molar-refractivity contribution in [3.63, 3.8) is 0 Å². The van der Waals surface area contributed by atoms with E-state index in [-0.39, 0.29) is 48.0 Å². The molecule has 4 rings (SSSR count). The van der Waals surface area contributed by atoms with E-state index in [0.717, 1.165) is 44.2 Å². The maximum atomic E-state index is 4.92. The van der Waals surface area contributed by atoms with E-state index < -0.39 is 0 Å². The molecule has 22 heavy (non-hydrogen) atoms. The van der Waals surface area contributed by atoms with Gasteiger partial charge in [0.25, 0.3) is 0 Å². The number of imidazole rings is 1. The number of aromatic nitrogens is 2. The molecular formula is C16H24I2N4. The molecule has 2 fully saturated rings. The fourth-order valence-corrected chi connectivity index (χ4v) is 3.09. The van der Waals surface area contributed by atoms with Gasteiger partial charge >= 0.3 is 0 Å². The minimum atomic E-state index is 0. The predicted molar refractivity (Wildman–Crippen MR) is 113 cm³/mol. The lowest BCUT2D eigenvalue weighted by molar-refractivity contribution is 0.624. The summed E-state index contributed by atoms with van der Waals surface area (Å²) in [5, 5.41) is 3.47. The summed E-state index contributed by atoms with van der Waals surface area (Å²) in [6, 6.07) is 8.56. The van der Waals surface area contributed by atoms with Crippen LogP contribution >= 0.6 is 48.0 Å². The summed E-state index contributed by atoms with van der Waals surface area (Å²) in [5.41, 5.74) is 2.44. The minimum Gasteiger partial charge on any atom is -0.341 e. The van der Waals surface area contributed by atoms with E-state index >= 15 is 0 Å². The number of anilines is 1. The first-order valence-corrected chi connectivity index (χ1v) is 7.83. The molecule has 0 spiro atoms. The number of nitrogens with zero attached hydrogens (tertiary/aromatic N) is 3. The van der Waals surface area contributed by atoms with E-state index in [1.165, 1.54) is 30.7 Å². The number of nitrogens with one attached hydrogen (secondary N) is 1. The van der Waals surface area contributed by atoms with Crippen LogP contribution in [0.1, 0.15) is 19.3 Å². The van der Waals surface area contributed by atoms with Gasteiger partial charge in [0, 0.05) is 26.2 Å². The Hall–Kier alpha value is -0.0900. The van der Waals surface area contributed by atoms with Crippen LogP contribution in [-0.4, -0.2) is 35.7 Å². The number of rotatable bonds is 3. The molecule has 1 N–H and O–H groups in total. The van der Waals surface area contributed by atoms with Gasteiger partial charge in [-0.2, -0.15) is 0 Å². The molecule has 0 radical (unpaired) electrons. The molecule has 0 bridgehead atoms. The zero-order chi connectivity index (χ0) is 13.4. The molecule has 1 saturated carbocycles. The summed E-state index contributed by atoms with van der Waals surface area (Å²) in [7, 11) is 0. The van der Waals surface area contributed by atoms with Crippen molar-refractivity contribution in [2.45, 2.75) is 25.8 Å². The van der Waals surface area contributed by atoms with Gasteiger partial charge in [0.05, 0.1) is 11.0 Å². The molecule has 1 aromatic heterocycles. The molecule has 1 aliphatic heterocycles. The van der Waals surface area contributed by atoms with Crippen LogP contribution in [0, 0.1) is 5.92 Å². The van der Waals surface area contributed by atoms with Crippen LogP contribution in [0.3, 0.4) is 0 Å². The third kappa shape index (κ3) is 3.87. The average Bonchev–Trinajstić information content (AvgIpc) is 3.26. The Labute approximate surface area is 166 Å². The second-order valence-electron chi connectivity index (χ2n) is 6.05. The molecule has 2 aliphatic rings. The molecule has 0 amide bonds. The summed E-state index contributed by atoms with van der Waals surface area (Å²) in [6.07, 6.45) is 3.97. The summed E-state index contributed by atoms with van der Waals surface area (Å²) in [6.45, 7) is 5.50. The molecule has 1 aliphatic carbocycles. The third-order valence-corrected chi connectivity index (χ3v) is 4.40. The Balaban J connectivity index is 0.000000882. The molecule has 4 nitrogen and oxygen atoms in total. The average molecular weight is 526 g/mol. The van der Waals surface area contributed by atoms with Crippen molar-refractivity contribution in [1.82, 2.24) is 14.9 Å². The maximum Gasteiger partial charge on any atom is 0.206 e. The second-order valence-corrected chi connectivity index (χ2v) is 6.05. The standard InChI is InChI=1S/C16H22N4.2HI/c1-2-5-15-14(4-1)18-16(20(15)12-13-6-7-13)19-10-3-8-17-9-11-19;;/h1-2,4-5,13,17H,3,6-12H2;2*1H. The van der Waals surface area contributed by atoms with Crippen molar-refractivity contribution >= 4 is 64.9 Å². The molecule has 1 saturated heterocycles. The van der Waals surface area contributed by atoms with Crippen LogP contribution in [0.2, 0.25) is 0 Å². The molecule has 1 aromatic carbocycles. The van der Waals surface area contributed by atoms with Gasteiger partial charge in [-0.25, -0.2) is 4.98 Å². The monoisotopic (exact) mass is 526 g/mol. The molecule has 122 valence electrons. The largest absolute Gasteiger partial charge is 0.341 e. The van der Waals surface area contributed by atoms with E-state index in [0.29, 0.717) is 0 Å². The minimum absolute atomic E-state index is 0. The summed E-state index contributed by atoms with van der Waals surface area (Å²) in [5.74, 6) is 2.05. The fraction of sp³-hybridized carbons (Fsp3) is 0.562. The number of benzene rings is 1. The van der Waals surface area contributed by atoms with Crippen LogP contribution < -0.4 is 10.2 Å². The Morgan fingerprint density at radius 3 is 2.73 bits per heavy atom. The Kier molecular flexibility index (Phi) is 6.75. The Morgan fingerprint density at radius 1 is 1.09 bits per heavy atom. The number of hydrogen-bond donors (Lipinski definition) is 1. The van der Waals surface area contributed by atoms with Crippen molar-refractivity contribution in [3.8, 4) is 0 Å².